The van der Waals surface area contributed by atoms with Crippen LogP contribution in [0.2, 0.25) is 0 Å². The quantitative estimate of drug-likeness (QED) is 0.407. The largest absolute Gasteiger partial charge is 0.457 e. The first kappa shape index (κ1) is 17.2. The molecule has 0 saturated carbocycles. The maximum atomic E-state index is 12.0. The van der Waals surface area contributed by atoms with E-state index in [0.717, 1.165) is 16.8 Å². The number of nitro groups is 1. The molecule has 0 atom stereocenters. The highest BCUT2D eigenvalue weighted by molar-refractivity contribution is 6.02. The number of aryl methyl sites for hydroxylation is 1. The first-order valence-electron chi connectivity index (χ1n) is 7.92. The SMILES string of the molecule is Cc1ccccc1NC(=O)C=Cc1ccc(-c2ccc([N+](=O)[O-])cc2)o1. The zero-order valence-electron chi connectivity index (χ0n) is 14.0. The van der Waals surface area contributed by atoms with E-state index < -0.39 is 4.92 Å². The number of nitrogens with one attached hydrogen (secondary N) is 1. The Morgan fingerprint density at radius 2 is 1.81 bits per heavy atom. The standard InChI is InChI=1S/C20H16N2O4/c1-14-4-2-3-5-18(14)21-20(23)13-11-17-10-12-19(26-17)15-6-8-16(9-7-15)22(24)25/h2-13H,1H3,(H,21,23). The van der Waals surface area contributed by atoms with Crippen LogP contribution in [0.15, 0.2) is 71.2 Å². The molecule has 0 unspecified atom stereocenters. The highest BCUT2D eigenvalue weighted by atomic mass is 16.6. The summed E-state index contributed by atoms with van der Waals surface area (Å²) in [5, 5.41) is 13.5. The topological polar surface area (TPSA) is 85.4 Å². The van der Waals surface area contributed by atoms with Crippen molar-refractivity contribution in [1.29, 1.82) is 0 Å². The molecule has 26 heavy (non-hydrogen) atoms. The normalized spacial score (nSPS) is 10.8. The monoisotopic (exact) mass is 348 g/mol. The number of para-hydroxylation sites is 1. The van der Waals surface area contributed by atoms with E-state index in [2.05, 4.69) is 5.32 Å². The van der Waals surface area contributed by atoms with Gasteiger partial charge in [-0.25, -0.2) is 0 Å². The molecule has 0 saturated heterocycles. The third kappa shape index (κ3) is 4.05. The van der Waals surface area contributed by atoms with Crippen LogP contribution in [0.5, 0.6) is 0 Å². The number of anilines is 1. The Morgan fingerprint density at radius 3 is 2.50 bits per heavy atom. The maximum absolute atomic E-state index is 12.0. The summed E-state index contributed by atoms with van der Waals surface area (Å²) in [4.78, 5) is 22.3. The molecule has 0 aliphatic carbocycles. The third-order valence-electron chi connectivity index (χ3n) is 3.79. The van der Waals surface area contributed by atoms with Gasteiger partial charge in [0.25, 0.3) is 5.69 Å². The van der Waals surface area contributed by atoms with Crippen LogP contribution in [0, 0.1) is 17.0 Å². The predicted molar refractivity (Wildman–Crippen MR) is 99.6 cm³/mol. The van der Waals surface area contributed by atoms with Gasteiger partial charge in [-0.05, 0) is 48.9 Å². The molecule has 1 aromatic heterocycles. The Bertz CT molecular complexity index is 971. The lowest BCUT2D eigenvalue weighted by Crippen LogP contribution is -2.08. The van der Waals surface area contributed by atoms with Gasteiger partial charge in [0, 0.05) is 29.5 Å². The van der Waals surface area contributed by atoms with E-state index >= 15 is 0 Å². The van der Waals surface area contributed by atoms with Crippen LogP contribution in [0.3, 0.4) is 0 Å². The molecule has 0 fully saturated rings. The molecule has 1 heterocycles. The fourth-order valence-electron chi connectivity index (χ4n) is 2.39. The molecule has 0 bridgehead atoms. The van der Waals surface area contributed by atoms with E-state index in [1.807, 2.05) is 31.2 Å². The highest BCUT2D eigenvalue weighted by Crippen LogP contribution is 2.25. The summed E-state index contributed by atoms with van der Waals surface area (Å²) in [7, 11) is 0. The Labute approximate surface area is 149 Å². The smallest absolute Gasteiger partial charge is 0.269 e. The lowest BCUT2D eigenvalue weighted by molar-refractivity contribution is -0.384. The molecule has 1 amide bonds. The number of nitro benzene ring substituents is 1. The summed E-state index contributed by atoms with van der Waals surface area (Å²) in [6.07, 6.45) is 2.97. The van der Waals surface area contributed by atoms with Crippen LogP contribution < -0.4 is 5.32 Å². The second-order valence-electron chi connectivity index (χ2n) is 5.64. The fraction of sp³-hybridized carbons (Fsp3) is 0.0500. The van der Waals surface area contributed by atoms with Gasteiger partial charge >= 0.3 is 0 Å². The minimum atomic E-state index is -0.451. The van der Waals surface area contributed by atoms with Crippen LogP contribution in [-0.2, 0) is 4.79 Å². The van der Waals surface area contributed by atoms with Gasteiger partial charge in [-0.2, -0.15) is 0 Å². The van der Waals surface area contributed by atoms with Gasteiger partial charge in [-0.15, -0.1) is 0 Å². The number of hydrogen-bond acceptors (Lipinski definition) is 4. The minimum Gasteiger partial charge on any atom is -0.457 e. The summed E-state index contributed by atoms with van der Waals surface area (Å²) in [5.41, 5.74) is 2.48. The molecule has 1 N–H and O–H groups in total. The van der Waals surface area contributed by atoms with Gasteiger partial charge in [0.15, 0.2) is 0 Å². The van der Waals surface area contributed by atoms with Crippen molar-refractivity contribution in [1.82, 2.24) is 0 Å². The number of amides is 1. The molecule has 0 aliphatic rings. The zero-order chi connectivity index (χ0) is 18.5. The molecule has 2 aromatic carbocycles. The van der Waals surface area contributed by atoms with E-state index in [9.17, 15) is 14.9 Å². The van der Waals surface area contributed by atoms with Gasteiger partial charge in [-0.3, -0.25) is 14.9 Å². The van der Waals surface area contributed by atoms with Gasteiger partial charge in [0.1, 0.15) is 11.5 Å². The number of furan rings is 1. The van der Waals surface area contributed by atoms with Crippen molar-refractivity contribution in [3.8, 4) is 11.3 Å². The Hall–Kier alpha value is -3.67. The van der Waals surface area contributed by atoms with Crippen molar-refractivity contribution in [2.75, 3.05) is 5.32 Å². The Kier molecular flexibility index (Phi) is 4.94. The second kappa shape index (κ2) is 7.48. The highest BCUT2D eigenvalue weighted by Gasteiger charge is 2.08. The number of hydrogen-bond donors (Lipinski definition) is 1. The second-order valence-corrected chi connectivity index (χ2v) is 5.64. The summed E-state index contributed by atoms with van der Waals surface area (Å²) in [6, 6.07) is 17.1. The number of nitrogens with zero attached hydrogens (tertiary/aromatic N) is 1. The molecule has 0 radical (unpaired) electrons. The fourth-order valence-corrected chi connectivity index (χ4v) is 2.39. The van der Waals surface area contributed by atoms with Gasteiger partial charge < -0.3 is 9.73 Å². The van der Waals surface area contributed by atoms with Crippen LogP contribution in [0.4, 0.5) is 11.4 Å². The van der Waals surface area contributed by atoms with Gasteiger partial charge in [0.05, 0.1) is 4.92 Å². The Balaban J connectivity index is 1.68. The van der Waals surface area contributed by atoms with E-state index in [1.165, 1.54) is 18.2 Å². The van der Waals surface area contributed by atoms with Gasteiger partial charge in [0.2, 0.25) is 5.91 Å². The molecule has 0 aliphatic heterocycles. The average Bonchev–Trinajstić information content (AvgIpc) is 3.11. The zero-order valence-corrected chi connectivity index (χ0v) is 14.0. The third-order valence-corrected chi connectivity index (χ3v) is 3.79. The molecular weight excluding hydrogens is 332 g/mol. The Morgan fingerprint density at radius 1 is 1.08 bits per heavy atom. The molecule has 3 aromatic rings. The lowest BCUT2D eigenvalue weighted by Gasteiger charge is -2.04. The van der Waals surface area contributed by atoms with Crippen LogP contribution in [-0.4, -0.2) is 10.8 Å². The van der Waals surface area contributed by atoms with E-state index in [4.69, 9.17) is 4.42 Å². The lowest BCUT2D eigenvalue weighted by atomic mass is 10.1. The minimum absolute atomic E-state index is 0.0216. The van der Waals surface area contributed by atoms with Crippen LogP contribution in [0.1, 0.15) is 11.3 Å². The van der Waals surface area contributed by atoms with Crippen molar-refractivity contribution in [3.63, 3.8) is 0 Å². The maximum Gasteiger partial charge on any atom is 0.269 e. The molecule has 6 heteroatoms. The van der Waals surface area contributed by atoms with Crippen molar-refractivity contribution in [2.24, 2.45) is 0 Å². The van der Waals surface area contributed by atoms with Crippen LogP contribution >= 0.6 is 0 Å². The summed E-state index contributed by atoms with van der Waals surface area (Å²) >= 11 is 0. The summed E-state index contributed by atoms with van der Waals surface area (Å²) < 4.78 is 5.66. The van der Waals surface area contributed by atoms with E-state index in [0.29, 0.717) is 11.5 Å². The number of carbonyl (C=O) groups is 1. The molecule has 3 rings (SSSR count). The number of benzene rings is 2. The van der Waals surface area contributed by atoms with Crippen molar-refractivity contribution >= 4 is 23.4 Å². The van der Waals surface area contributed by atoms with Crippen LogP contribution in [0.25, 0.3) is 17.4 Å². The number of rotatable bonds is 5. The molecule has 0 spiro atoms. The van der Waals surface area contributed by atoms with Crippen molar-refractivity contribution < 1.29 is 14.1 Å². The van der Waals surface area contributed by atoms with E-state index in [-0.39, 0.29) is 11.6 Å². The van der Waals surface area contributed by atoms with E-state index in [1.54, 1.807) is 30.3 Å². The first-order chi connectivity index (χ1) is 12.5. The number of non-ortho nitro benzene ring substituents is 1. The van der Waals surface area contributed by atoms with Crippen molar-refractivity contribution in [3.05, 3.63) is 88.2 Å². The van der Waals surface area contributed by atoms with Crippen molar-refractivity contribution in [2.45, 2.75) is 6.92 Å². The summed E-state index contributed by atoms with van der Waals surface area (Å²) in [6.45, 7) is 1.92. The summed E-state index contributed by atoms with van der Waals surface area (Å²) in [5.74, 6) is 0.824. The molecular formula is C20H16N2O4. The van der Waals surface area contributed by atoms with Gasteiger partial charge in [-0.1, -0.05) is 18.2 Å². The predicted octanol–water partition coefficient (Wildman–Crippen LogP) is 4.82. The molecule has 130 valence electrons. The average molecular weight is 348 g/mol. The molecule has 6 nitrogen and oxygen atoms in total. The first-order valence-corrected chi connectivity index (χ1v) is 7.92. The number of carbonyl (C=O) groups excluding carboxylic acids is 1.